The largest absolute Gasteiger partial charge is 0.344 e. The molecule has 1 saturated heterocycles. The third kappa shape index (κ3) is 5.48. The Morgan fingerprint density at radius 3 is 2.37 bits per heavy atom. The minimum Gasteiger partial charge on any atom is -0.344 e. The van der Waals surface area contributed by atoms with Gasteiger partial charge in [-0.25, -0.2) is 4.39 Å². The first kappa shape index (κ1) is 22.0. The number of aryl methyl sites for hydroxylation is 1. The molecule has 1 aliphatic heterocycles. The Bertz CT molecular complexity index is 959. The number of likely N-dealkylation sites (tertiary alicyclic amines) is 1. The van der Waals surface area contributed by atoms with Crippen molar-refractivity contribution in [2.45, 2.75) is 46.1 Å². The van der Waals surface area contributed by atoms with E-state index in [1.165, 1.54) is 54.5 Å². The Kier molecular flexibility index (Phi) is 7.63. The van der Waals surface area contributed by atoms with E-state index in [1.54, 1.807) is 18.2 Å². The maximum atomic E-state index is 11.9. The molecule has 0 bridgehead atoms. The lowest BCUT2D eigenvalue weighted by Crippen LogP contribution is -2.34. The van der Waals surface area contributed by atoms with Crippen LogP contribution < -0.4 is 5.32 Å². The van der Waals surface area contributed by atoms with Crippen molar-refractivity contribution >= 4 is 22.5 Å². The summed E-state index contributed by atoms with van der Waals surface area (Å²) in [6.07, 6.45) is 5.18. The molecule has 0 unspecified atom stereocenters. The summed E-state index contributed by atoms with van der Waals surface area (Å²) < 4.78 is 14.3. The molecule has 30 heavy (non-hydrogen) atoms. The summed E-state index contributed by atoms with van der Waals surface area (Å²) in [6.45, 7) is 9.77. The molecule has 2 heterocycles. The lowest BCUT2D eigenvalue weighted by molar-refractivity contribution is -0.115. The monoisotopic (exact) mass is 409 g/mol. The molecule has 0 saturated carbocycles. The molecule has 1 fully saturated rings. The summed E-state index contributed by atoms with van der Waals surface area (Å²) in [5, 5.41) is 4.27. The van der Waals surface area contributed by atoms with Crippen molar-refractivity contribution in [3.63, 3.8) is 0 Å². The van der Waals surface area contributed by atoms with Crippen molar-refractivity contribution in [3.05, 3.63) is 66.1 Å². The number of carbonyl (C=O) groups excluding carboxylic acids is 1. The van der Waals surface area contributed by atoms with Crippen LogP contribution in [0.1, 0.15) is 44.7 Å². The van der Waals surface area contributed by atoms with Crippen molar-refractivity contribution < 1.29 is 9.18 Å². The van der Waals surface area contributed by atoms with Crippen molar-refractivity contribution in [2.75, 3.05) is 25.0 Å². The van der Waals surface area contributed by atoms with Gasteiger partial charge in [-0.3, -0.25) is 4.79 Å². The average Bonchev–Trinajstić information content (AvgIpc) is 3.10. The Hall–Kier alpha value is -2.66. The number of hydrogen-bond acceptors (Lipinski definition) is 2. The van der Waals surface area contributed by atoms with Gasteiger partial charge in [0, 0.05) is 42.8 Å². The van der Waals surface area contributed by atoms with Gasteiger partial charge in [0.25, 0.3) is 0 Å². The predicted molar refractivity (Wildman–Crippen MR) is 122 cm³/mol. The number of amides is 1. The molecule has 0 spiro atoms. The number of piperidine rings is 1. The fourth-order valence-electron chi connectivity index (χ4n) is 3.98. The average molecular weight is 410 g/mol. The Labute approximate surface area is 178 Å². The highest BCUT2D eigenvalue weighted by Crippen LogP contribution is 2.31. The summed E-state index contributed by atoms with van der Waals surface area (Å²) in [6, 6.07) is 14.8. The molecule has 1 amide bonds. The minimum absolute atomic E-state index is 0.0652. The number of hydrogen-bond donors (Lipinski definition) is 1. The van der Waals surface area contributed by atoms with Crippen LogP contribution in [0.3, 0.4) is 0 Å². The molecule has 4 nitrogen and oxygen atoms in total. The maximum absolute atomic E-state index is 11.9. The van der Waals surface area contributed by atoms with Gasteiger partial charge in [-0.05, 0) is 56.1 Å². The fraction of sp³-hybridized carbons (Fsp3) is 0.400. The van der Waals surface area contributed by atoms with Crippen LogP contribution in [0.25, 0.3) is 10.9 Å². The topological polar surface area (TPSA) is 37.3 Å². The van der Waals surface area contributed by atoms with Crippen LogP contribution in [0.5, 0.6) is 0 Å². The molecule has 1 N–H and O–H groups in total. The summed E-state index contributed by atoms with van der Waals surface area (Å²) >= 11 is 0. The minimum atomic E-state index is -0.178. The van der Waals surface area contributed by atoms with Crippen LogP contribution in [0.2, 0.25) is 0 Å². The normalized spacial score (nSPS) is 14.9. The second-order valence-electron chi connectivity index (χ2n) is 7.81. The van der Waals surface area contributed by atoms with Crippen molar-refractivity contribution in [2.24, 2.45) is 0 Å². The molecule has 1 aliphatic rings. The van der Waals surface area contributed by atoms with E-state index >= 15 is 0 Å². The maximum Gasteiger partial charge on any atom is 0.224 e. The lowest BCUT2D eigenvalue weighted by Gasteiger charge is -2.32. The molecule has 4 rings (SSSR count). The molecular formula is C25H32FN3O. The number of benzene rings is 2. The van der Waals surface area contributed by atoms with Crippen LogP contribution in [0, 0.1) is 12.7 Å². The van der Waals surface area contributed by atoms with Gasteiger partial charge < -0.3 is 14.8 Å². The molecule has 0 atom stereocenters. The third-order valence-corrected chi connectivity index (χ3v) is 5.77. The van der Waals surface area contributed by atoms with E-state index in [4.69, 9.17) is 0 Å². The van der Waals surface area contributed by atoms with Gasteiger partial charge >= 0.3 is 0 Å². The predicted octanol–water partition coefficient (Wildman–Crippen LogP) is 5.78. The smallest absolute Gasteiger partial charge is 0.224 e. The summed E-state index contributed by atoms with van der Waals surface area (Å²) in [5.74, 6) is -0.113. The van der Waals surface area contributed by atoms with E-state index in [0.29, 0.717) is 12.5 Å². The van der Waals surface area contributed by atoms with E-state index < -0.39 is 0 Å². The van der Waals surface area contributed by atoms with E-state index in [9.17, 15) is 9.18 Å². The van der Waals surface area contributed by atoms with Crippen LogP contribution in [-0.4, -0.2) is 35.0 Å². The number of rotatable bonds is 4. The van der Waals surface area contributed by atoms with Gasteiger partial charge in [-0.2, -0.15) is 0 Å². The van der Waals surface area contributed by atoms with E-state index in [2.05, 4.69) is 47.0 Å². The second kappa shape index (κ2) is 10.4. The Balaban J connectivity index is 0.000000310. The van der Waals surface area contributed by atoms with E-state index in [-0.39, 0.29) is 11.7 Å². The van der Waals surface area contributed by atoms with E-state index in [0.717, 1.165) is 12.2 Å². The standard InChI is InChI=1S/C19H27N3O.C6H5F/c1-4-19(23)20-15-6-7-17-14(3)13-22(18(17)12-15)16-8-10-21(5-2)11-9-16;7-6-4-2-1-3-5-6/h6-7,12-13,16H,4-5,8-11H2,1-3H3,(H,20,23);1-5H. The zero-order chi connectivity index (χ0) is 21.5. The van der Waals surface area contributed by atoms with Gasteiger partial charge in [-0.15, -0.1) is 0 Å². The highest BCUT2D eigenvalue weighted by molar-refractivity contribution is 5.94. The number of anilines is 1. The van der Waals surface area contributed by atoms with Crippen LogP contribution in [-0.2, 0) is 4.79 Å². The van der Waals surface area contributed by atoms with Crippen LogP contribution in [0.15, 0.2) is 54.7 Å². The number of halogens is 1. The highest BCUT2D eigenvalue weighted by Gasteiger charge is 2.21. The number of nitrogens with zero attached hydrogens (tertiary/aromatic N) is 2. The first-order valence-corrected chi connectivity index (χ1v) is 10.9. The molecule has 0 aliphatic carbocycles. The molecule has 3 aromatic rings. The Morgan fingerprint density at radius 1 is 1.10 bits per heavy atom. The number of aromatic nitrogens is 1. The molecule has 160 valence electrons. The molecular weight excluding hydrogens is 377 g/mol. The second-order valence-corrected chi connectivity index (χ2v) is 7.81. The van der Waals surface area contributed by atoms with Crippen molar-refractivity contribution in [1.29, 1.82) is 0 Å². The number of nitrogens with one attached hydrogen (secondary N) is 1. The molecule has 1 aromatic heterocycles. The zero-order valence-corrected chi connectivity index (χ0v) is 18.2. The van der Waals surface area contributed by atoms with Gasteiger partial charge in [0.15, 0.2) is 0 Å². The first-order chi connectivity index (χ1) is 14.5. The number of carbonyl (C=O) groups is 1. The van der Waals surface area contributed by atoms with Crippen molar-refractivity contribution in [3.8, 4) is 0 Å². The number of fused-ring (bicyclic) bond motifs is 1. The summed E-state index contributed by atoms with van der Waals surface area (Å²) in [4.78, 5) is 14.2. The van der Waals surface area contributed by atoms with Crippen LogP contribution >= 0.6 is 0 Å². The van der Waals surface area contributed by atoms with E-state index in [1.807, 2.05) is 13.0 Å². The van der Waals surface area contributed by atoms with Crippen molar-refractivity contribution in [1.82, 2.24) is 9.47 Å². The highest BCUT2D eigenvalue weighted by atomic mass is 19.1. The lowest BCUT2D eigenvalue weighted by atomic mass is 10.0. The first-order valence-electron chi connectivity index (χ1n) is 10.9. The quantitative estimate of drug-likeness (QED) is 0.593. The SMILES string of the molecule is CCC(=O)Nc1ccc2c(C)cn(C3CCN(CC)CC3)c2c1.Fc1ccccc1. The molecule has 5 heteroatoms. The fourth-order valence-corrected chi connectivity index (χ4v) is 3.98. The summed E-state index contributed by atoms with van der Waals surface area (Å²) in [7, 11) is 0. The third-order valence-electron chi connectivity index (χ3n) is 5.77. The van der Waals surface area contributed by atoms with Crippen LogP contribution in [0.4, 0.5) is 10.1 Å². The molecule has 2 aromatic carbocycles. The zero-order valence-electron chi connectivity index (χ0n) is 18.2. The Morgan fingerprint density at radius 2 is 1.80 bits per heavy atom. The van der Waals surface area contributed by atoms with Gasteiger partial charge in [0.1, 0.15) is 5.82 Å². The van der Waals surface area contributed by atoms with Gasteiger partial charge in [-0.1, -0.05) is 38.1 Å². The van der Waals surface area contributed by atoms with Gasteiger partial charge in [0.2, 0.25) is 5.91 Å². The molecule has 0 radical (unpaired) electrons. The summed E-state index contributed by atoms with van der Waals surface area (Å²) in [5.41, 5.74) is 3.45. The van der Waals surface area contributed by atoms with Gasteiger partial charge in [0.05, 0.1) is 5.52 Å².